The minimum Gasteiger partial charge on any atom is -0.457 e. The first-order valence-corrected chi connectivity index (χ1v) is 6.50. The largest absolute Gasteiger partial charge is 0.457 e. The molecule has 2 aromatic carbocycles. The molecular weight excluding hydrogens is 257 g/mol. The van der Waals surface area contributed by atoms with Crippen LogP contribution in [-0.4, -0.2) is 20.3 Å². The molecule has 106 valence electrons. The third kappa shape index (κ3) is 4.33. The van der Waals surface area contributed by atoms with Crippen LogP contribution >= 0.6 is 0 Å². The molecule has 0 aromatic heterocycles. The van der Waals surface area contributed by atoms with Crippen molar-refractivity contribution in [1.82, 2.24) is 5.32 Å². The summed E-state index contributed by atoms with van der Waals surface area (Å²) in [4.78, 5) is 0. The lowest BCUT2D eigenvalue weighted by atomic mass is 10.2. The van der Waals surface area contributed by atoms with Crippen LogP contribution in [0, 0.1) is 5.82 Å². The van der Waals surface area contributed by atoms with Gasteiger partial charge in [0.25, 0.3) is 0 Å². The van der Waals surface area contributed by atoms with Crippen molar-refractivity contribution in [2.45, 2.75) is 6.54 Å². The molecule has 2 rings (SSSR count). The van der Waals surface area contributed by atoms with Gasteiger partial charge in [0.15, 0.2) is 0 Å². The molecule has 0 radical (unpaired) electrons. The third-order valence-corrected chi connectivity index (χ3v) is 2.79. The number of nitrogens with one attached hydrogen (secondary N) is 1. The molecule has 0 bridgehead atoms. The summed E-state index contributed by atoms with van der Waals surface area (Å²) in [5.41, 5.74) is 0.782. The van der Waals surface area contributed by atoms with Gasteiger partial charge in [0.1, 0.15) is 17.3 Å². The smallest absolute Gasteiger partial charge is 0.132 e. The van der Waals surface area contributed by atoms with E-state index in [9.17, 15) is 4.39 Å². The number of para-hydroxylation sites is 1. The molecule has 20 heavy (non-hydrogen) atoms. The van der Waals surface area contributed by atoms with E-state index in [1.54, 1.807) is 13.2 Å². The Morgan fingerprint density at radius 3 is 2.65 bits per heavy atom. The highest BCUT2D eigenvalue weighted by molar-refractivity contribution is 5.38. The molecule has 0 amide bonds. The van der Waals surface area contributed by atoms with Crippen molar-refractivity contribution in [3.05, 3.63) is 59.9 Å². The van der Waals surface area contributed by atoms with Crippen molar-refractivity contribution in [2.75, 3.05) is 20.3 Å². The Labute approximate surface area is 118 Å². The third-order valence-electron chi connectivity index (χ3n) is 2.79. The molecule has 0 saturated heterocycles. The highest BCUT2D eigenvalue weighted by Crippen LogP contribution is 2.25. The molecule has 0 aliphatic carbocycles. The molecular formula is C16H18FNO2. The zero-order valence-corrected chi connectivity index (χ0v) is 11.4. The summed E-state index contributed by atoms with van der Waals surface area (Å²) >= 11 is 0. The summed E-state index contributed by atoms with van der Waals surface area (Å²) in [6.07, 6.45) is 0. The Bertz CT molecular complexity index is 531. The average Bonchev–Trinajstić information content (AvgIpc) is 2.47. The van der Waals surface area contributed by atoms with Crippen LogP contribution in [0.1, 0.15) is 5.56 Å². The van der Waals surface area contributed by atoms with Crippen LogP contribution in [0.25, 0.3) is 0 Å². The summed E-state index contributed by atoms with van der Waals surface area (Å²) in [6.45, 7) is 1.85. The SMILES string of the molecule is COCCNCc1cc(F)ccc1Oc1ccccc1. The second kappa shape index (κ2) is 7.62. The fourth-order valence-electron chi connectivity index (χ4n) is 1.80. The van der Waals surface area contributed by atoms with Gasteiger partial charge in [0, 0.05) is 25.8 Å². The van der Waals surface area contributed by atoms with Crippen molar-refractivity contribution in [2.24, 2.45) is 0 Å². The van der Waals surface area contributed by atoms with Crippen molar-refractivity contribution >= 4 is 0 Å². The number of methoxy groups -OCH3 is 1. The minimum atomic E-state index is -0.269. The highest BCUT2D eigenvalue weighted by Gasteiger charge is 2.06. The Hall–Kier alpha value is -1.91. The minimum absolute atomic E-state index is 0.269. The van der Waals surface area contributed by atoms with E-state index in [2.05, 4.69) is 5.32 Å². The molecule has 0 fully saturated rings. The molecule has 2 aromatic rings. The zero-order chi connectivity index (χ0) is 14.2. The number of hydrogen-bond acceptors (Lipinski definition) is 3. The lowest BCUT2D eigenvalue weighted by molar-refractivity contribution is 0.199. The van der Waals surface area contributed by atoms with Gasteiger partial charge in [-0.3, -0.25) is 0 Å². The highest BCUT2D eigenvalue weighted by atomic mass is 19.1. The standard InChI is InChI=1S/C16H18FNO2/c1-19-10-9-18-12-13-11-14(17)7-8-16(13)20-15-5-3-2-4-6-15/h2-8,11,18H,9-10,12H2,1H3. The Morgan fingerprint density at radius 2 is 1.90 bits per heavy atom. The fraction of sp³-hybridized carbons (Fsp3) is 0.250. The van der Waals surface area contributed by atoms with Crippen LogP contribution in [0.15, 0.2) is 48.5 Å². The molecule has 0 spiro atoms. The average molecular weight is 275 g/mol. The van der Waals surface area contributed by atoms with Crippen molar-refractivity contribution in [1.29, 1.82) is 0 Å². The summed E-state index contributed by atoms with van der Waals surface area (Å²) in [5, 5.41) is 3.18. The van der Waals surface area contributed by atoms with Gasteiger partial charge in [-0.05, 0) is 30.3 Å². The summed E-state index contributed by atoms with van der Waals surface area (Å²) in [7, 11) is 1.65. The van der Waals surface area contributed by atoms with E-state index < -0.39 is 0 Å². The van der Waals surface area contributed by atoms with Crippen LogP contribution < -0.4 is 10.1 Å². The Balaban J connectivity index is 2.07. The van der Waals surface area contributed by atoms with E-state index in [1.807, 2.05) is 30.3 Å². The van der Waals surface area contributed by atoms with Gasteiger partial charge in [-0.2, -0.15) is 0 Å². The molecule has 0 atom stereocenters. The van der Waals surface area contributed by atoms with Crippen molar-refractivity contribution in [3.8, 4) is 11.5 Å². The predicted octanol–water partition coefficient (Wildman–Crippen LogP) is 3.35. The van der Waals surface area contributed by atoms with Crippen molar-refractivity contribution in [3.63, 3.8) is 0 Å². The van der Waals surface area contributed by atoms with Crippen LogP contribution in [-0.2, 0) is 11.3 Å². The van der Waals surface area contributed by atoms with Crippen LogP contribution in [0.3, 0.4) is 0 Å². The lowest BCUT2D eigenvalue weighted by Gasteiger charge is -2.12. The summed E-state index contributed by atoms with van der Waals surface area (Å²) < 4.78 is 24.1. The lowest BCUT2D eigenvalue weighted by Crippen LogP contribution is -2.19. The van der Waals surface area contributed by atoms with Gasteiger partial charge >= 0.3 is 0 Å². The molecule has 4 heteroatoms. The monoisotopic (exact) mass is 275 g/mol. The number of rotatable bonds is 7. The molecule has 0 saturated carbocycles. The first-order chi connectivity index (χ1) is 9.79. The molecule has 0 heterocycles. The number of hydrogen-bond donors (Lipinski definition) is 1. The van der Waals surface area contributed by atoms with Crippen LogP contribution in [0.4, 0.5) is 4.39 Å². The first kappa shape index (κ1) is 14.5. The van der Waals surface area contributed by atoms with E-state index in [4.69, 9.17) is 9.47 Å². The second-order valence-electron chi connectivity index (χ2n) is 4.34. The quantitative estimate of drug-likeness (QED) is 0.786. The van der Waals surface area contributed by atoms with Gasteiger partial charge in [-0.1, -0.05) is 18.2 Å². The molecule has 0 aliphatic heterocycles. The predicted molar refractivity (Wildman–Crippen MR) is 76.5 cm³/mol. The van der Waals surface area contributed by atoms with Gasteiger partial charge in [0.2, 0.25) is 0 Å². The van der Waals surface area contributed by atoms with Gasteiger partial charge in [-0.25, -0.2) is 4.39 Å². The fourth-order valence-corrected chi connectivity index (χ4v) is 1.80. The number of halogens is 1. The first-order valence-electron chi connectivity index (χ1n) is 6.50. The second-order valence-corrected chi connectivity index (χ2v) is 4.34. The summed E-state index contributed by atoms with van der Waals surface area (Å²) in [5.74, 6) is 1.12. The van der Waals surface area contributed by atoms with E-state index in [0.717, 1.165) is 11.3 Å². The van der Waals surface area contributed by atoms with Crippen LogP contribution in [0.2, 0.25) is 0 Å². The molecule has 1 N–H and O–H groups in total. The molecule has 0 unspecified atom stereocenters. The van der Waals surface area contributed by atoms with Crippen molar-refractivity contribution < 1.29 is 13.9 Å². The molecule has 3 nitrogen and oxygen atoms in total. The van der Waals surface area contributed by atoms with Gasteiger partial charge < -0.3 is 14.8 Å². The normalized spacial score (nSPS) is 10.5. The van der Waals surface area contributed by atoms with Gasteiger partial charge in [-0.15, -0.1) is 0 Å². The zero-order valence-electron chi connectivity index (χ0n) is 11.4. The van der Waals surface area contributed by atoms with E-state index >= 15 is 0 Å². The van der Waals surface area contributed by atoms with E-state index in [0.29, 0.717) is 25.4 Å². The molecule has 0 aliphatic rings. The topological polar surface area (TPSA) is 30.5 Å². The Morgan fingerprint density at radius 1 is 1.10 bits per heavy atom. The number of benzene rings is 2. The van der Waals surface area contributed by atoms with Crippen LogP contribution in [0.5, 0.6) is 11.5 Å². The Kier molecular flexibility index (Phi) is 5.53. The van der Waals surface area contributed by atoms with Gasteiger partial charge in [0.05, 0.1) is 6.61 Å². The maximum atomic E-state index is 13.4. The maximum Gasteiger partial charge on any atom is 0.132 e. The summed E-state index contributed by atoms with van der Waals surface area (Å²) in [6, 6.07) is 14.0. The van der Waals surface area contributed by atoms with E-state index in [1.165, 1.54) is 12.1 Å². The number of ether oxygens (including phenoxy) is 2. The van der Waals surface area contributed by atoms with E-state index in [-0.39, 0.29) is 5.82 Å². The maximum absolute atomic E-state index is 13.4.